The Morgan fingerprint density at radius 3 is 1.58 bits per heavy atom. The largest absolute Gasteiger partial charge is 0.216 e. The second-order valence-electron chi connectivity index (χ2n) is 7.38. The van der Waals surface area contributed by atoms with Crippen molar-refractivity contribution in [1.82, 2.24) is 0 Å². The zero-order valence-electron chi connectivity index (χ0n) is 17.0. The zero-order valence-corrected chi connectivity index (χ0v) is 17.0. The molecule has 3 aromatic rings. The molecule has 134 valence electrons. The van der Waals surface area contributed by atoms with Crippen molar-refractivity contribution in [2.75, 3.05) is 0 Å². The average molecular weight is 345 g/mol. The standard InChI is InChI=1S/C25H30N/c1-7-23-15-22(21-11-9-17(3)10-12-21)16-24(8-2)26(23)25-19(5)13-18(4)14-20(25)6/h9-16H,7-8H2,1-6H3/q+1. The second-order valence-corrected chi connectivity index (χ2v) is 7.38. The predicted octanol–water partition coefficient (Wildman–Crippen LogP) is 5.99. The number of rotatable bonds is 4. The van der Waals surface area contributed by atoms with Crippen LogP contribution in [0.4, 0.5) is 0 Å². The lowest BCUT2D eigenvalue weighted by atomic mass is 9.99. The van der Waals surface area contributed by atoms with Gasteiger partial charge in [0.15, 0.2) is 11.4 Å². The number of benzene rings is 2. The van der Waals surface area contributed by atoms with Gasteiger partial charge in [0.1, 0.15) is 0 Å². The van der Waals surface area contributed by atoms with Crippen LogP contribution in [0.15, 0.2) is 48.5 Å². The molecule has 0 bridgehead atoms. The summed E-state index contributed by atoms with van der Waals surface area (Å²) in [6.45, 7) is 13.3. The minimum absolute atomic E-state index is 1.01. The van der Waals surface area contributed by atoms with Crippen molar-refractivity contribution in [3.05, 3.63) is 82.2 Å². The monoisotopic (exact) mass is 344 g/mol. The van der Waals surface area contributed by atoms with Gasteiger partial charge in [-0.3, -0.25) is 0 Å². The molecule has 0 aliphatic rings. The Morgan fingerprint density at radius 1 is 0.615 bits per heavy atom. The molecule has 0 unspecified atom stereocenters. The van der Waals surface area contributed by atoms with E-state index in [9.17, 15) is 0 Å². The molecular formula is C25H30N+. The number of aryl methyl sites for hydroxylation is 6. The summed E-state index contributed by atoms with van der Waals surface area (Å²) in [7, 11) is 0. The van der Waals surface area contributed by atoms with Crippen LogP contribution in [0.5, 0.6) is 0 Å². The van der Waals surface area contributed by atoms with Crippen LogP contribution in [0.25, 0.3) is 16.8 Å². The molecule has 26 heavy (non-hydrogen) atoms. The van der Waals surface area contributed by atoms with Crippen molar-refractivity contribution in [2.24, 2.45) is 0 Å². The smallest absolute Gasteiger partial charge is 0.161 e. The van der Waals surface area contributed by atoms with Crippen LogP contribution in [0.2, 0.25) is 0 Å². The molecule has 0 saturated carbocycles. The summed E-state index contributed by atoms with van der Waals surface area (Å²) < 4.78 is 2.49. The van der Waals surface area contributed by atoms with E-state index < -0.39 is 0 Å². The normalized spacial score (nSPS) is 11.0. The number of hydrogen-bond acceptors (Lipinski definition) is 0. The number of aromatic nitrogens is 1. The van der Waals surface area contributed by atoms with Gasteiger partial charge in [0.2, 0.25) is 5.69 Å². The molecule has 2 aromatic carbocycles. The summed E-state index contributed by atoms with van der Waals surface area (Å²) in [5.74, 6) is 0. The maximum atomic E-state index is 2.49. The Hall–Kier alpha value is -2.41. The summed E-state index contributed by atoms with van der Waals surface area (Å²) in [6.07, 6.45) is 2.03. The quantitative estimate of drug-likeness (QED) is 0.512. The van der Waals surface area contributed by atoms with E-state index in [4.69, 9.17) is 0 Å². The highest BCUT2D eigenvalue weighted by molar-refractivity contribution is 5.64. The molecule has 1 heterocycles. The molecule has 0 N–H and O–H groups in total. The van der Waals surface area contributed by atoms with E-state index in [1.807, 2.05) is 0 Å². The minimum Gasteiger partial charge on any atom is -0.161 e. The molecule has 0 aliphatic heterocycles. The van der Waals surface area contributed by atoms with Gasteiger partial charge in [-0.05, 0) is 51.0 Å². The van der Waals surface area contributed by atoms with Gasteiger partial charge in [0, 0.05) is 36.1 Å². The summed E-state index contributed by atoms with van der Waals surface area (Å²) in [5, 5.41) is 0. The van der Waals surface area contributed by atoms with Gasteiger partial charge in [0.25, 0.3) is 0 Å². The number of pyridine rings is 1. The SMILES string of the molecule is CCc1cc(-c2ccc(C)cc2)cc(CC)[n+]1-c1c(C)cc(C)cc1C. The van der Waals surface area contributed by atoms with E-state index >= 15 is 0 Å². The highest BCUT2D eigenvalue weighted by atomic mass is 15.0. The third-order valence-electron chi connectivity index (χ3n) is 5.19. The van der Waals surface area contributed by atoms with E-state index in [0.717, 1.165) is 12.8 Å². The van der Waals surface area contributed by atoms with Gasteiger partial charge >= 0.3 is 0 Å². The van der Waals surface area contributed by atoms with Gasteiger partial charge in [-0.1, -0.05) is 49.2 Å². The highest BCUT2D eigenvalue weighted by Gasteiger charge is 2.23. The summed E-state index contributed by atoms with van der Waals surface area (Å²) in [5.41, 5.74) is 12.0. The first-order valence-electron chi connectivity index (χ1n) is 9.67. The third-order valence-corrected chi connectivity index (χ3v) is 5.19. The van der Waals surface area contributed by atoms with Crippen molar-refractivity contribution in [1.29, 1.82) is 0 Å². The van der Waals surface area contributed by atoms with E-state index in [1.54, 1.807) is 0 Å². The molecule has 1 heteroatoms. The van der Waals surface area contributed by atoms with Crippen LogP contribution in [0.1, 0.15) is 47.5 Å². The van der Waals surface area contributed by atoms with Crippen LogP contribution in [0.3, 0.4) is 0 Å². The lowest BCUT2D eigenvalue weighted by molar-refractivity contribution is -0.613. The molecule has 0 fully saturated rings. The summed E-state index contributed by atoms with van der Waals surface area (Å²) >= 11 is 0. The Bertz CT molecular complexity index is 885. The Kier molecular flexibility index (Phi) is 5.27. The Balaban J connectivity index is 2.26. The van der Waals surface area contributed by atoms with E-state index in [1.165, 1.54) is 50.5 Å². The molecule has 3 rings (SSSR count). The van der Waals surface area contributed by atoms with Gasteiger partial charge in [-0.2, -0.15) is 4.57 Å². The molecule has 0 saturated heterocycles. The van der Waals surface area contributed by atoms with Crippen LogP contribution < -0.4 is 4.57 Å². The molecular weight excluding hydrogens is 314 g/mol. The van der Waals surface area contributed by atoms with Crippen molar-refractivity contribution >= 4 is 0 Å². The summed E-state index contributed by atoms with van der Waals surface area (Å²) in [4.78, 5) is 0. The molecule has 0 radical (unpaired) electrons. The second kappa shape index (κ2) is 7.45. The lowest BCUT2D eigenvalue weighted by Crippen LogP contribution is -2.41. The van der Waals surface area contributed by atoms with Crippen LogP contribution in [0, 0.1) is 27.7 Å². The maximum Gasteiger partial charge on any atom is 0.216 e. The zero-order chi connectivity index (χ0) is 18.8. The third kappa shape index (κ3) is 3.44. The van der Waals surface area contributed by atoms with Crippen LogP contribution in [-0.2, 0) is 12.8 Å². The maximum absolute atomic E-state index is 2.49. The Morgan fingerprint density at radius 2 is 1.12 bits per heavy atom. The molecule has 0 atom stereocenters. The van der Waals surface area contributed by atoms with Gasteiger partial charge < -0.3 is 0 Å². The molecule has 0 amide bonds. The van der Waals surface area contributed by atoms with E-state index in [2.05, 4.69) is 94.6 Å². The predicted molar refractivity (Wildman–Crippen MR) is 111 cm³/mol. The van der Waals surface area contributed by atoms with Crippen molar-refractivity contribution < 1.29 is 4.57 Å². The first-order chi connectivity index (χ1) is 12.4. The topological polar surface area (TPSA) is 3.88 Å². The van der Waals surface area contributed by atoms with E-state index in [-0.39, 0.29) is 0 Å². The fourth-order valence-electron chi connectivity index (χ4n) is 3.96. The molecule has 1 aromatic heterocycles. The van der Waals surface area contributed by atoms with Gasteiger partial charge in [0.05, 0.1) is 0 Å². The average Bonchev–Trinajstić information content (AvgIpc) is 2.61. The summed E-state index contributed by atoms with van der Waals surface area (Å²) in [6, 6.07) is 18.2. The first kappa shape index (κ1) is 18.4. The molecule has 1 nitrogen and oxygen atoms in total. The van der Waals surface area contributed by atoms with Gasteiger partial charge in [-0.15, -0.1) is 0 Å². The van der Waals surface area contributed by atoms with Crippen LogP contribution >= 0.6 is 0 Å². The molecule has 0 aliphatic carbocycles. The first-order valence-corrected chi connectivity index (χ1v) is 9.67. The lowest BCUT2D eigenvalue weighted by Gasteiger charge is -2.14. The molecule has 0 spiro atoms. The van der Waals surface area contributed by atoms with Crippen molar-refractivity contribution in [3.8, 4) is 16.8 Å². The van der Waals surface area contributed by atoms with Gasteiger partial charge in [-0.25, -0.2) is 0 Å². The number of nitrogens with zero attached hydrogens (tertiary/aromatic N) is 1. The fourth-order valence-corrected chi connectivity index (χ4v) is 3.96. The fraction of sp³-hybridized carbons (Fsp3) is 0.320. The highest BCUT2D eigenvalue weighted by Crippen LogP contribution is 2.24. The van der Waals surface area contributed by atoms with Crippen LogP contribution in [-0.4, -0.2) is 0 Å². The number of hydrogen-bond donors (Lipinski definition) is 0. The van der Waals surface area contributed by atoms with E-state index in [0.29, 0.717) is 0 Å². The Labute approximate surface area is 158 Å². The van der Waals surface area contributed by atoms with Crippen molar-refractivity contribution in [2.45, 2.75) is 54.4 Å². The minimum atomic E-state index is 1.01. The van der Waals surface area contributed by atoms with Crippen molar-refractivity contribution in [3.63, 3.8) is 0 Å².